The Bertz CT molecular complexity index is 264. The van der Waals surface area contributed by atoms with Crippen molar-refractivity contribution in [3.8, 4) is 0 Å². The molecule has 1 aromatic rings. The molecular formula is C10H11Br. The third-order valence-corrected chi connectivity index (χ3v) is 2.49. The summed E-state index contributed by atoms with van der Waals surface area (Å²) in [6, 6.07) is 6.36. The highest BCUT2D eigenvalue weighted by Gasteiger charge is 1.94. The monoisotopic (exact) mass is 210 g/mol. The molecule has 0 N–H and O–H groups in total. The number of benzene rings is 1. The van der Waals surface area contributed by atoms with Crippen LogP contribution in [0, 0.1) is 6.92 Å². The highest BCUT2D eigenvalue weighted by molar-refractivity contribution is 9.10. The molecule has 0 bridgehead atoms. The average molecular weight is 211 g/mol. The Balaban J connectivity index is 2.95. The van der Waals surface area contributed by atoms with Crippen molar-refractivity contribution in [2.75, 3.05) is 0 Å². The lowest BCUT2D eigenvalue weighted by atomic mass is 10.1. The molecule has 0 aliphatic carbocycles. The van der Waals surface area contributed by atoms with Gasteiger partial charge in [0.05, 0.1) is 0 Å². The standard InChI is InChI=1S/C10H11Br/c1-3-4-9-5-6-10(11)8(2)7-9/h3,5-7H,1,4H2,2H3. The Labute approximate surface area is 76.1 Å². The summed E-state index contributed by atoms with van der Waals surface area (Å²) >= 11 is 3.45. The lowest BCUT2D eigenvalue weighted by molar-refractivity contribution is 1.24. The number of halogens is 1. The lowest BCUT2D eigenvalue weighted by Crippen LogP contribution is -1.82. The lowest BCUT2D eigenvalue weighted by Gasteiger charge is -2.00. The number of allylic oxidation sites excluding steroid dienone is 1. The van der Waals surface area contributed by atoms with Gasteiger partial charge in [0.25, 0.3) is 0 Å². The van der Waals surface area contributed by atoms with E-state index in [0.29, 0.717) is 0 Å². The van der Waals surface area contributed by atoms with E-state index in [1.807, 2.05) is 6.08 Å². The van der Waals surface area contributed by atoms with Crippen LogP contribution in [0.2, 0.25) is 0 Å². The predicted octanol–water partition coefficient (Wildman–Crippen LogP) is 3.49. The summed E-state index contributed by atoms with van der Waals surface area (Å²) in [6.45, 7) is 5.79. The van der Waals surface area contributed by atoms with Crippen LogP contribution in [0.1, 0.15) is 11.1 Å². The van der Waals surface area contributed by atoms with Crippen molar-refractivity contribution in [3.63, 3.8) is 0 Å². The molecule has 0 atom stereocenters. The maximum atomic E-state index is 3.70. The Morgan fingerprint density at radius 2 is 2.27 bits per heavy atom. The zero-order valence-corrected chi connectivity index (χ0v) is 8.19. The van der Waals surface area contributed by atoms with E-state index in [1.54, 1.807) is 0 Å². The molecule has 0 amide bonds. The highest BCUT2D eigenvalue weighted by Crippen LogP contribution is 2.17. The third-order valence-electron chi connectivity index (χ3n) is 1.60. The summed E-state index contributed by atoms with van der Waals surface area (Å²) in [5.74, 6) is 0. The summed E-state index contributed by atoms with van der Waals surface area (Å²) in [5, 5.41) is 0. The van der Waals surface area contributed by atoms with Gasteiger partial charge in [0.15, 0.2) is 0 Å². The van der Waals surface area contributed by atoms with E-state index in [9.17, 15) is 0 Å². The number of rotatable bonds is 2. The fourth-order valence-corrected chi connectivity index (χ4v) is 1.25. The summed E-state index contributed by atoms with van der Waals surface area (Å²) < 4.78 is 1.17. The van der Waals surface area contributed by atoms with Gasteiger partial charge in [0.1, 0.15) is 0 Å². The van der Waals surface area contributed by atoms with Gasteiger partial charge in [-0.25, -0.2) is 0 Å². The van der Waals surface area contributed by atoms with Crippen LogP contribution in [0.15, 0.2) is 35.3 Å². The second kappa shape index (κ2) is 3.72. The van der Waals surface area contributed by atoms with Crippen molar-refractivity contribution < 1.29 is 0 Å². The molecule has 0 unspecified atom stereocenters. The summed E-state index contributed by atoms with van der Waals surface area (Å²) in [5.41, 5.74) is 2.60. The fourth-order valence-electron chi connectivity index (χ4n) is 1.00. The topological polar surface area (TPSA) is 0 Å². The van der Waals surface area contributed by atoms with Gasteiger partial charge in [-0.1, -0.05) is 34.1 Å². The number of aryl methyl sites for hydroxylation is 1. The molecular weight excluding hydrogens is 200 g/mol. The predicted molar refractivity (Wildman–Crippen MR) is 52.8 cm³/mol. The van der Waals surface area contributed by atoms with E-state index in [4.69, 9.17) is 0 Å². The molecule has 1 rings (SSSR count). The molecule has 0 aliphatic heterocycles. The van der Waals surface area contributed by atoms with Gasteiger partial charge >= 0.3 is 0 Å². The maximum Gasteiger partial charge on any atom is 0.0204 e. The summed E-state index contributed by atoms with van der Waals surface area (Å²) in [4.78, 5) is 0. The van der Waals surface area contributed by atoms with Crippen molar-refractivity contribution in [2.24, 2.45) is 0 Å². The molecule has 0 aromatic heterocycles. The van der Waals surface area contributed by atoms with Crippen LogP contribution in [0.3, 0.4) is 0 Å². The number of hydrogen-bond acceptors (Lipinski definition) is 0. The van der Waals surface area contributed by atoms with Crippen LogP contribution in [0.4, 0.5) is 0 Å². The molecule has 0 heterocycles. The van der Waals surface area contributed by atoms with Crippen LogP contribution >= 0.6 is 15.9 Å². The van der Waals surface area contributed by atoms with Crippen LogP contribution in [-0.2, 0) is 6.42 Å². The van der Waals surface area contributed by atoms with E-state index in [2.05, 4.69) is 47.6 Å². The third kappa shape index (κ3) is 2.19. The van der Waals surface area contributed by atoms with Crippen LogP contribution in [0.25, 0.3) is 0 Å². The minimum absolute atomic E-state index is 0.952. The van der Waals surface area contributed by atoms with E-state index < -0.39 is 0 Å². The number of hydrogen-bond donors (Lipinski definition) is 0. The van der Waals surface area contributed by atoms with Gasteiger partial charge in [0, 0.05) is 4.47 Å². The molecule has 0 spiro atoms. The van der Waals surface area contributed by atoms with Crippen LogP contribution in [-0.4, -0.2) is 0 Å². The van der Waals surface area contributed by atoms with Crippen molar-refractivity contribution in [1.29, 1.82) is 0 Å². The Kier molecular flexibility index (Phi) is 2.89. The van der Waals surface area contributed by atoms with Crippen molar-refractivity contribution in [2.45, 2.75) is 13.3 Å². The van der Waals surface area contributed by atoms with Gasteiger partial charge in [-0.3, -0.25) is 0 Å². The molecule has 0 saturated heterocycles. The van der Waals surface area contributed by atoms with Gasteiger partial charge in [-0.2, -0.15) is 0 Å². The molecule has 58 valence electrons. The zero-order valence-electron chi connectivity index (χ0n) is 6.60. The van der Waals surface area contributed by atoms with Gasteiger partial charge in [-0.15, -0.1) is 6.58 Å². The molecule has 0 fully saturated rings. The minimum atomic E-state index is 0.952. The quantitative estimate of drug-likeness (QED) is 0.657. The molecule has 0 radical (unpaired) electrons. The van der Waals surface area contributed by atoms with Gasteiger partial charge < -0.3 is 0 Å². The first-order valence-electron chi connectivity index (χ1n) is 3.60. The Hall–Kier alpha value is -0.560. The van der Waals surface area contributed by atoms with Gasteiger partial charge in [-0.05, 0) is 30.5 Å². The van der Waals surface area contributed by atoms with E-state index in [0.717, 1.165) is 6.42 Å². The summed E-state index contributed by atoms with van der Waals surface area (Å²) in [7, 11) is 0. The first-order valence-corrected chi connectivity index (χ1v) is 4.39. The molecule has 0 nitrogen and oxygen atoms in total. The maximum absolute atomic E-state index is 3.70. The molecule has 0 aliphatic rings. The van der Waals surface area contributed by atoms with Gasteiger partial charge in [0.2, 0.25) is 0 Å². The second-order valence-corrected chi connectivity index (χ2v) is 3.43. The average Bonchev–Trinajstić information content (AvgIpc) is 1.98. The van der Waals surface area contributed by atoms with Crippen molar-refractivity contribution in [3.05, 3.63) is 46.5 Å². The molecule has 1 heteroatoms. The van der Waals surface area contributed by atoms with E-state index in [-0.39, 0.29) is 0 Å². The van der Waals surface area contributed by atoms with E-state index >= 15 is 0 Å². The van der Waals surface area contributed by atoms with Crippen molar-refractivity contribution >= 4 is 15.9 Å². The van der Waals surface area contributed by atoms with E-state index in [1.165, 1.54) is 15.6 Å². The second-order valence-electron chi connectivity index (χ2n) is 2.58. The Morgan fingerprint density at radius 1 is 1.55 bits per heavy atom. The summed E-state index contributed by atoms with van der Waals surface area (Å²) in [6.07, 6.45) is 2.87. The van der Waals surface area contributed by atoms with Crippen LogP contribution < -0.4 is 0 Å². The molecule has 1 aromatic carbocycles. The van der Waals surface area contributed by atoms with Crippen molar-refractivity contribution in [1.82, 2.24) is 0 Å². The largest absolute Gasteiger partial charge is 0.103 e. The van der Waals surface area contributed by atoms with Crippen LogP contribution in [0.5, 0.6) is 0 Å². The molecule has 0 saturated carbocycles. The first kappa shape index (κ1) is 8.54. The normalized spacial score (nSPS) is 9.64. The zero-order chi connectivity index (χ0) is 8.27. The Morgan fingerprint density at radius 3 is 2.82 bits per heavy atom. The smallest absolute Gasteiger partial charge is 0.0204 e. The molecule has 11 heavy (non-hydrogen) atoms. The minimum Gasteiger partial charge on any atom is -0.103 e. The highest BCUT2D eigenvalue weighted by atomic mass is 79.9. The first-order chi connectivity index (χ1) is 5.24. The fraction of sp³-hybridized carbons (Fsp3) is 0.200. The SMILES string of the molecule is C=CCc1ccc(Br)c(C)c1.